The molecular formula is C16H15N3O3S. The number of carbonyl (C=O) groups is 1. The van der Waals surface area contributed by atoms with Crippen molar-refractivity contribution in [3.63, 3.8) is 0 Å². The van der Waals surface area contributed by atoms with Crippen LogP contribution < -0.4 is 10.9 Å². The number of carbonyl (C=O) groups excluding carboxylic acids is 1. The normalized spacial score (nSPS) is 12.2. The molecule has 0 spiro atoms. The highest BCUT2D eigenvalue weighted by molar-refractivity contribution is 7.20. The molecule has 0 unspecified atom stereocenters. The number of amides is 1. The molecule has 23 heavy (non-hydrogen) atoms. The van der Waals surface area contributed by atoms with Gasteiger partial charge in [0, 0.05) is 18.8 Å². The summed E-state index contributed by atoms with van der Waals surface area (Å²) < 4.78 is 2.34. The number of nitrogens with zero attached hydrogens (tertiary/aromatic N) is 2. The Morgan fingerprint density at radius 3 is 2.83 bits per heavy atom. The summed E-state index contributed by atoms with van der Waals surface area (Å²) in [6, 6.07) is 12.3. The smallest absolute Gasteiger partial charge is 0.280 e. The third kappa shape index (κ3) is 3.64. The summed E-state index contributed by atoms with van der Waals surface area (Å²) in [5.41, 5.74) is 0.586. The van der Waals surface area contributed by atoms with E-state index in [0.717, 1.165) is 10.2 Å². The zero-order chi connectivity index (χ0) is 16.2. The SMILES string of the molecule is O=C(NC[C@@H](O)Cn1ccccc1=O)c1nc2ccccc2s1. The average Bonchev–Trinajstić information content (AvgIpc) is 2.99. The number of rotatable bonds is 5. The van der Waals surface area contributed by atoms with Gasteiger partial charge in [0.05, 0.1) is 22.9 Å². The van der Waals surface area contributed by atoms with Gasteiger partial charge in [0.25, 0.3) is 11.5 Å². The van der Waals surface area contributed by atoms with Crippen LogP contribution in [0.1, 0.15) is 9.80 Å². The summed E-state index contributed by atoms with van der Waals surface area (Å²) in [7, 11) is 0. The average molecular weight is 329 g/mol. The molecule has 3 aromatic rings. The quantitative estimate of drug-likeness (QED) is 0.738. The standard InChI is InChI=1S/C16H15N3O3S/c20-11(10-19-8-4-3-7-14(19)21)9-17-15(22)16-18-12-5-1-2-6-13(12)23-16/h1-8,11,20H,9-10H2,(H,17,22)/t11-/m1/s1. The molecule has 2 aromatic heterocycles. The van der Waals surface area contributed by atoms with Crippen molar-refractivity contribution in [1.82, 2.24) is 14.9 Å². The molecule has 2 N–H and O–H groups in total. The Kier molecular flexibility index (Phi) is 4.50. The van der Waals surface area contributed by atoms with Crippen molar-refractivity contribution >= 4 is 27.5 Å². The topological polar surface area (TPSA) is 84.2 Å². The van der Waals surface area contributed by atoms with Crippen LogP contribution in [-0.4, -0.2) is 33.2 Å². The summed E-state index contributed by atoms with van der Waals surface area (Å²) in [5, 5.41) is 13.0. The number of para-hydroxylation sites is 1. The number of aromatic nitrogens is 2. The fourth-order valence-corrected chi connectivity index (χ4v) is 3.04. The third-order valence-corrected chi connectivity index (χ3v) is 4.33. The lowest BCUT2D eigenvalue weighted by Gasteiger charge is -2.12. The largest absolute Gasteiger partial charge is 0.389 e. The van der Waals surface area contributed by atoms with E-state index in [0.29, 0.717) is 5.01 Å². The molecule has 0 aliphatic heterocycles. The van der Waals surface area contributed by atoms with E-state index in [1.165, 1.54) is 22.0 Å². The molecule has 1 atom stereocenters. The molecule has 0 fully saturated rings. The van der Waals surface area contributed by atoms with Gasteiger partial charge in [-0.15, -0.1) is 11.3 Å². The Labute approximate surface area is 136 Å². The number of thiazole rings is 1. The fourth-order valence-electron chi connectivity index (χ4n) is 2.16. The van der Waals surface area contributed by atoms with Gasteiger partial charge in [0.2, 0.25) is 0 Å². The zero-order valence-corrected chi connectivity index (χ0v) is 13.0. The van der Waals surface area contributed by atoms with Crippen LogP contribution in [0.3, 0.4) is 0 Å². The molecule has 118 valence electrons. The van der Waals surface area contributed by atoms with Crippen LogP contribution in [0, 0.1) is 0 Å². The second kappa shape index (κ2) is 6.72. The third-order valence-electron chi connectivity index (χ3n) is 3.29. The first kappa shape index (κ1) is 15.4. The molecule has 0 aliphatic carbocycles. The van der Waals surface area contributed by atoms with Crippen molar-refractivity contribution in [2.24, 2.45) is 0 Å². The van der Waals surface area contributed by atoms with Gasteiger partial charge in [-0.25, -0.2) is 4.98 Å². The lowest BCUT2D eigenvalue weighted by molar-refractivity contribution is 0.0903. The highest BCUT2D eigenvalue weighted by Gasteiger charge is 2.14. The zero-order valence-electron chi connectivity index (χ0n) is 12.2. The molecule has 0 saturated carbocycles. The van der Waals surface area contributed by atoms with Crippen LogP contribution in [0.4, 0.5) is 0 Å². The highest BCUT2D eigenvalue weighted by atomic mass is 32.1. The van der Waals surface area contributed by atoms with Crippen molar-refractivity contribution in [2.45, 2.75) is 12.6 Å². The maximum Gasteiger partial charge on any atom is 0.280 e. The Bertz CT molecular complexity index is 854. The van der Waals surface area contributed by atoms with Crippen LogP contribution in [0.15, 0.2) is 53.5 Å². The molecule has 0 bridgehead atoms. The fraction of sp³-hybridized carbons (Fsp3) is 0.188. The molecule has 0 aliphatic rings. The first-order valence-corrected chi connectivity index (χ1v) is 7.92. The minimum Gasteiger partial charge on any atom is -0.389 e. The molecule has 0 radical (unpaired) electrons. The lowest BCUT2D eigenvalue weighted by Crippen LogP contribution is -2.36. The maximum absolute atomic E-state index is 12.1. The number of benzene rings is 1. The lowest BCUT2D eigenvalue weighted by atomic mass is 10.3. The van der Waals surface area contributed by atoms with Gasteiger partial charge in [-0.2, -0.15) is 0 Å². The highest BCUT2D eigenvalue weighted by Crippen LogP contribution is 2.21. The Hall–Kier alpha value is -2.51. The Balaban J connectivity index is 1.60. The molecular weight excluding hydrogens is 314 g/mol. The first-order chi connectivity index (χ1) is 11.1. The Morgan fingerprint density at radius 2 is 2.04 bits per heavy atom. The molecule has 6 nitrogen and oxygen atoms in total. The number of hydrogen-bond donors (Lipinski definition) is 2. The van der Waals surface area contributed by atoms with Crippen molar-refractivity contribution in [3.05, 3.63) is 64.0 Å². The van der Waals surface area contributed by atoms with Gasteiger partial charge in [0.1, 0.15) is 0 Å². The molecule has 1 aromatic carbocycles. The molecule has 1 amide bonds. The van der Waals surface area contributed by atoms with E-state index in [-0.39, 0.29) is 24.6 Å². The Morgan fingerprint density at radius 1 is 1.26 bits per heavy atom. The van der Waals surface area contributed by atoms with Crippen molar-refractivity contribution in [1.29, 1.82) is 0 Å². The molecule has 2 heterocycles. The maximum atomic E-state index is 12.1. The predicted molar refractivity (Wildman–Crippen MR) is 88.7 cm³/mol. The second-order valence-electron chi connectivity index (χ2n) is 5.04. The van der Waals surface area contributed by atoms with Gasteiger partial charge < -0.3 is 15.0 Å². The van der Waals surface area contributed by atoms with Crippen LogP contribution in [-0.2, 0) is 6.54 Å². The predicted octanol–water partition coefficient (Wildman–Crippen LogP) is 1.25. The van der Waals surface area contributed by atoms with Gasteiger partial charge in [-0.1, -0.05) is 18.2 Å². The number of aliphatic hydroxyl groups excluding tert-OH is 1. The van der Waals surface area contributed by atoms with E-state index < -0.39 is 6.10 Å². The molecule has 7 heteroatoms. The van der Waals surface area contributed by atoms with Gasteiger partial charge in [-0.05, 0) is 18.2 Å². The van der Waals surface area contributed by atoms with Crippen LogP contribution >= 0.6 is 11.3 Å². The number of aliphatic hydroxyl groups is 1. The number of fused-ring (bicyclic) bond motifs is 1. The summed E-state index contributed by atoms with van der Waals surface area (Å²) >= 11 is 1.30. The van der Waals surface area contributed by atoms with Crippen molar-refractivity contribution in [2.75, 3.05) is 6.54 Å². The van der Waals surface area contributed by atoms with E-state index >= 15 is 0 Å². The van der Waals surface area contributed by atoms with E-state index in [2.05, 4.69) is 10.3 Å². The van der Waals surface area contributed by atoms with Crippen molar-refractivity contribution < 1.29 is 9.90 Å². The number of hydrogen-bond acceptors (Lipinski definition) is 5. The summed E-state index contributed by atoms with van der Waals surface area (Å²) in [6.07, 6.45) is 0.745. The minimum atomic E-state index is -0.853. The van der Waals surface area contributed by atoms with E-state index in [4.69, 9.17) is 0 Å². The summed E-state index contributed by atoms with van der Waals surface area (Å²) in [5.74, 6) is -0.328. The van der Waals surface area contributed by atoms with Crippen molar-refractivity contribution in [3.8, 4) is 0 Å². The van der Waals surface area contributed by atoms with E-state index in [1.54, 1.807) is 18.3 Å². The van der Waals surface area contributed by atoms with Crippen LogP contribution in [0.5, 0.6) is 0 Å². The molecule has 0 saturated heterocycles. The monoisotopic (exact) mass is 329 g/mol. The van der Waals surface area contributed by atoms with Crippen LogP contribution in [0.25, 0.3) is 10.2 Å². The van der Waals surface area contributed by atoms with Crippen LogP contribution in [0.2, 0.25) is 0 Å². The molecule has 3 rings (SSSR count). The van der Waals surface area contributed by atoms with E-state index in [1.807, 2.05) is 24.3 Å². The minimum absolute atomic E-state index is 0.0517. The van der Waals surface area contributed by atoms with Gasteiger partial charge in [-0.3, -0.25) is 9.59 Å². The van der Waals surface area contributed by atoms with Gasteiger partial charge in [0.15, 0.2) is 5.01 Å². The number of pyridine rings is 1. The van der Waals surface area contributed by atoms with Gasteiger partial charge >= 0.3 is 0 Å². The first-order valence-electron chi connectivity index (χ1n) is 7.11. The summed E-state index contributed by atoms with van der Waals surface area (Å²) in [4.78, 5) is 27.9. The number of nitrogens with one attached hydrogen (secondary N) is 1. The summed E-state index contributed by atoms with van der Waals surface area (Å²) in [6.45, 7) is 0.176. The second-order valence-corrected chi connectivity index (χ2v) is 6.07. The van der Waals surface area contributed by atoms with E-state index in [9.17, 15) is 14.7 Å².